The highest BCUT2D eigenvalue weighted by Gasteiger charge is 2.35. The number of hydrogen-bond acceptors (Lipinski definition) is 3. The molecule has 0 radical (unpaired) electrons. The van der Waals surface area contributed by atoms with E-state index < -0.39 is 16.1 Å². The van der Waals surface area contributed by atoms with E-state index in [1.807, 2.05) is 25.1 Å². The number of hydrogen-bond donors (Lipinski definition) is 1. The van der Waals surface area contributed by atoms with Gasteiger partial charge in [-0.25, -0.2) is 8.42 Å². The van der Waals surface area contributed by atoms with Gasteiger partial charge < -0.3 is 4.98 Å². The number of aldehydes is 1. The summed E-state index contributed by atoms with van der Waals surface area (Å²) in [5.74, 6) is 0. The zero-order valence-corrected chi connectivity index (χ0v) is 15.8. The lowest BCUT2D eigenvalue weighted by molar-refractivity contribution is 0.111. The van der Waals surface area contributed by atoms with Crippen LogP contribution in [0.15, 0.2) is 60.0 Å². The first-order chi connectivity index (χ1) is 13.0. The zero-order chi connectivity index (χ0) is 19.2. The van der Waals surface area contributed by atoms with Crippen molar-refractivity contribution in [1.82, 2.24) is 9.29 Å². The summed E-state index contributed by atoms with van der Waals surface area (Å²) in [6.07, 6.45) is 2.91. The summed E-state index contributed by atoms with van der Waals surface area (Å²) in [6, 6.07) is 12.0. The van der Waals surface area contributed by atoms with Crippen LogP contribution in [-0.2, 0) is 16.4 Å². The number of H-pyrrole nitrogens is 1. The van der Waals surface area contributed by atoms with E-state index in [4.69, 9.17) is 0 Å². The predicted octanol–water partition coefficient (Wildman–Crippen LogP) is 3.76. The molecular weight excluding hydrogens is 360 g/mol. The third kappa shape index (κ3) is 2.72. The van der Waals surface area contributed by atoms with Gasteiger partial charge >= 0.3 is 0 Å². The summed E-state index contributed by atoms with van der Waals surface area (Å²) in [6.45, 7) is 6.09. The van der Waals surface area contributed by atoms with Gasteiger partial charge in [-0.05, 0) is 42.7 Å². The molecule has 1 aliphatic heterocycles. The van der Waals surface area contributed by atoms with Gasteiger partial charge in [0.15, 0.2) is 6.29 Å². The molecule has 0 aliphatic carbocycles. The fraction of sp³-hybridized carbons (Fsp3) is 0.190. The number of benzene rings is 2. The third-order valence-corrected chi connectivity index (χ3v) is 7.07. The van der Waals surface area contributed by atoms with Crippen LogP contribution < -0.4 is 0 Å². The van der Waals surface area contributed by atoms with E-state index in [2.05, 4.69) is 11.6 Å². The van der Waals surface area contributed by atoms with E-state index in [9.17, 15) is 13.2 Å². The first-order valence-corrected chi connectivity index (χ1v) is 10.2. The van der Waals surface area contributed by atoms with Gasteiger partial charge in [0.1, 0.15) is 0 Å². The Morgan fingerprint density at radius 2 is 1.93 bits per heavy atom. The molecular formula is C21H20N2O3S. The Kier molecular flexibility index (Phi) is 4.25. The highest BCUT2D eigenvalue weighted by Crippen LogP contribution is 2.38. The van der Waals surface area contributed by atoms with E-state index in [0.717, 1.165) is 33.9 Å². The number of nitrogens with zero attached hydrogens (tertiary/aromatic N) is 1. The van der Waals surface area contributed by atoms with Gasteiger partial charge in [-0.1, -0.05) is 35.9 Å². The summed E-state index contributed by atoms with van der Waals surface area (Å²) in [5, 5.41) is 0.922. The maximum absolute atomic E-state index is 13.4. The minimum Gasteiger partial charge on any atom is -0.352 e. The van der Waals surface area contributed by atoms with E-state index >= 15 is 0 Å². The Hall–Kier alpha value is -2.70. The highest BCUT2D eigenvalue weighted by molar-refractivity contribution is 7.89. The van der Waals surface area contributed by atoms with Crippen molar-refractivity contribution in [2.45, 2.75) is 24.3 Å². The largest absolute Gasteiger partial charge is 0.352 e. The van der Waals surface area contributed by atoms with E-state index in [1.54, 1.807) is 30.3 Å². The lowest BCUT2D eigenvalue weighted by atomic mass is 10.00. The molecule has 2 heterocycles. The fourth-order valence-electron chi connectivity index (χ4n) is 3.85. The topological polar surface area (TPSA) is 70.2 Å². The summed E-state index contributed by atoms with van der Waals surface area (Å²) in [5.41, 5.74) is 4.06. The quantitative estimate of drug-likeness (QED) is 0.553. The molecule has 1 N–H and O–H groups in total. The average Bonchev–Trinajstić information content (AvgIpc) is 2.93. The lowest BCUT2D eigenvalue weighted by Crippen LogP contribution is -2.35. The number of rotatable bonds is 4. The number of aromatic amines is 1. The Bertz CT molecular complexity index is 1140. The molecule has 0 bridgehead atoms. The Balaban J connectivity index is 1.90. The average molecular weight is 380 g/mol. The minimum atomic E-state index is -3.71. The Morgan fingerprint density at radius 1 is 1.19 bits per heavy atom. The van der Waals surface area contributed by atoms with Crippen LogP contribution >= 0.6 is 0 Å². The van der Waals surface area contributed by atoms with Gasteiger partial charge in [0.2, 0.25) is 10.0 Å². The van der Waals surface area contributed by atoms with Gasteiger partial charge in [0.25, 0.3) is 0 Å². The Morgan fingerprint density at radius 3 is 2.59 bits per heavy atom. The normalized spacial score (nSPS) is 17.6. The van der Waals surface area contributed by atoms with Crippen LogP contribution in [0.4, 0.5) is 0 Å². The first-order valence-electron chi connectivity index (χ1n) is 8.77. The van der Waals surface area contributed by atoms with Crippen LogP contribution in [0.1, 0.15) is 33.2 Å². The first kappa shape index (κ1) is 17.7. The van der Waals surface area contributed by atoms with Crippen LogP contribution in [0.25, 0.3) is 10.9 Å². The number of sulfonamides is 1. The van der Waals surface area contributed by atoms with Gasteiger partial charge in [0, 0.05) is 17.4 Å². The molecule has 6 heteroatoms. The van der Waals surface area contributed by atoms with Crippen molar-refractivity contribution >= 4 is 27.2 Å². The second-order valence-corrected chi connectivity index (χ2v) is 8.65. The van der Waals surface area contributed by atoms with Gasteiger partial charge in [-0.2, -0.15) is 4.31 Å². The maximum atomic E-state index is 13.4. The Labute approximate surface area is 158 Å². The molecule has 0 saturated heterocycles. The smallest absolute Gasteiger partial charge is 0.243 e. The van der Waals surface area contributed by atoms with Crippen molar-refractivity contribution < 1.29 is 13.2 Å². The molecule has 0 fully saturated rings. The number of nitrogens with one attached hydrogen (secondary N) is 1. The van der Waals surface area contributed by atoms with Crippen molar-refractivity contribution in [2.75, 3.05) is 6.54 Å². The monoisotopic (exact) mass is 380 g/mol. The molecule has 0 unspecified atom stereocenters. The van der Waals surface area contributed by atoms with Crippen LogP contribution in [-0.4, -0.2) is 30.5 Å². The van der Waals surface area contributed by atoms with Crippen molar-refractivity contribution in [3.05, 3.63) is 77.5 Å². The van der Waals surface area contributed by atoms with E-state index in [0.29, 0.717) is 12.1 Å². The molecule has 5 nitrogen and oxygen atoms in total. The molecule has 138 valence electrons. The molecule has 1 atom stereocenters. The summed E-state index contributed by atoms with van der Waals surface area (Å²) in [4.78, 5) is 14.9. The summed E-state index contributed by atoms with van der Waals surface area (Å²) in [7, 11) is -3.71. The highest BCUT2D eigenvalue weighted by atomic mass is 32.2. The molecule has 2 aromatic carbocycles. The second-order valence-electron chi connectivity index (χ2n) is 6.76. The molecule has 0 saturated carbocycles. The fourth-order valence-corrected chi connectivity index (χ4v) is 5.43. The van der Waals surface area contributed by atoms with Gasteiger partial charge in [0.05, 0.1) is 16.6 Å². The zero-order valence-electron chi connectivity index (χ0n) is 15.0. The van der Waals surface area contributed by atoms with E-state index in [-0.39, 0.29) is 11.4 Å². The van der Waals surface area contributed by atoms with Crippen LogP contribution in [0.3, 0.4) is 0 Å². The molecule has 3 aromatic rings. The predicted molar refractivity (Wildman–Crippen MR) is 105 cm³/mol. The second kappa shape index (κ2) is 6.48. The van der Waals surface area contributed by atoms with Crippen LogP contribution in [0, 0.1) is 6.92 Å². The third-order valence-electron chi connectivity index (χ3n) is 5.17. The molecule has 4 rings (SSSR count). The van der Waals surface area contributed by atoms with Crippen molar-refractivity contribution in [2.24, 2.45) is 0 Å². The molecule has 27 heavy (non-hydrogen) atoms. The number of aromatic nitrogens is 1. The van der Waals surface area contributed by atoms with Crippen LogP contribution in [0.5, 0.6) is 0 Å². The van der Waals surface area contributed by atoms with Gasteiger partial charge in [-0.3, -0.25) is 4.79 Å². The maximum Gasteiger partial charge on any atom is 0.243 e. The number of carbonyl (C=O) groups is 1. The molecule has 1 aromatic heterocycles. The van der Waals surface area contributed by atoms with E-state index in [1.165, 1.54) is 4.31 Å². The van der Waals surface area contributed by atoms with Crippen molar-refractivity contribution in [3.63, 3.8) is 0 Å². The standard InChI is InChI=1S/C21H20N2O3S/c1-3-20-17-5-4-6-18-21(17)16(19(13-24)22-18)11-12-23(20)27(25,26)15-9-7-14(2)8-10-15/h3-10,13,20,22H,1,11-12H2,2H3/t20-/m1/s1. The van der Waals surface area contributed by atoms with Crippen molar-refractivity contribution in [1.29, 1.82) is 0 Å². The molecule has 0 spiro atoms. The van der Waals surface area contributed by atoms with Crippen LogP contribution in [0.2, 0.25) is 0 Å². The SMILES string of the molecule is C=C[C@@H]1c2cccc3[nH]c(C=O)c(c23)CCN1S(=O)(=O)c1ccc(C)cc1. The number of carbonyl (C=O) groups excluding carboxylic acids is 1. The summed E-state index contributed by atoms with van der Waals surface area (Å²) >= 11 is 0. The lowest BCUT2D eigenvalue weighted by Gasteiger charge is -2.28. The minimum absolute atomic E-state index is 0.260. The molecule has 1 aliphatic rings. The molecule has 0 amide bonds. The number of aryl methyl sites for hydroxylation is 1. The van der Waals surface area contributed by atoms with Crippen molar-refractivity contribution in [3.8, 4) is 0 Å². The van der Waals surface area contributed by atoms with Gasteiger partial charge in [-0.15, -0.1) is 6.58 Å². The summed E-state index contributed by atoms with van der Waals surface area (Å²) < 4.78 is 28.2.